The largest absolute Gasteiger partial charge is 0.484 e. The Bertz CT molecular complexity index is 1300. The normalized spacial score (nSPS) is 11.7. The molecule has 4 aromatic rings. The number of amides is 1. The van der Waals surface area contributed by atoms with Gasteiger partial charge < -0.3 is 24.3 Å². The van der Waals surface area contributed by atoms with Gasteiger partial charge in [0.15, 0.2) is 6.61 Å². The summed E-state index contributed by atoms with van der Waals surface area (Å²) >= 11 is 0. The molecule has 0 aliphatic carbocycles. The van der Waals surface area contributed by atoms with Crippen molar-refractivity contribution in [1.82, 2.24) is 5.32 Å². The summed E-state index contributed by atoms with van der Waals surface area (Å²) in [6, 6.07) is 22.4. The quantitative estimate of drug-likeness (QED) is 0.423. The van der Waals surface area contributed by atoms with Gasteiger partial charge in [0.25, 0.3) is 5.91 Å². The van der Waals surface area contributed by atoms with Crippen LogP contribution in [0.4, 0.5) is 0 Å². The molecule has 0 spiro atoms. The number of benzene rings is 3. The molecule has 0 radical (unpaired) electrons. The van der Waals surface area contributed by atoms with Gasteiger partial charge in [-0.1, -0.05) is 48.5 Å². The van der Waals surface area contributed by atoms with Gasteiger partial charge in [0, 0.05) is 6.07 Å². The molecule has 1 amide bonds. The van der Waals surface area contributed by atoms with Gasteiger partial charge in [0.05, 0.1) is 18.0 Å². The highest BCUT2D eigenvalue weighted by molar-refractivity contribution is 5.80. The molecule has 7 heteroatoms. The van der Waals surface area contributed by atoms with E-state index in [4.69, 9.17) is 13.9 Å². The van der Waals surface area contributed by atoms with Gasteiger partial charge in [-0.3, -0.25) is 9.59 Å². The minimum atomic E-state index is -0.525. The van der Waals surface area contributed by atoms with Gasteiger partial charge in [-0.15, -0.1) is 0 Å². The molecule has 1 atom stereocenters. The number of ether oxygens (including phenoxy) is 2. The summed E-state index contributed by atoms with van der Waals surface area (Å²) in [5.41, 5.74) is 0.828. The van der Waals surface area contributed by atoms with Crippen LogP contribution in [0.5, 0.6) is 17.2 Å². The highest BCUT2D eigenvalue weighted by Gasteiger charge is 2.16. The third kappa shape index (κ3) is 5.22. The van der Waals surface area contributed by atoms with E-state index >= 15 is 0 Å². The average Bonchev–Trinajstić information content (AvgIpc) is 2.85. The summed E-state index contributed by atoms with van der Waals surface area (Å²) in [6.45, 7) is 1.16. The summed E-state index contributed by atoms with van der Waals surface area (Å²) in [6.07, 6.45) is 0. The maximum absolute atomic E-state index is 12.9. The second-order valence-electron chi connectivity index (χ2n) is 7.39. The van der Waals surface area contributed by atoms with Gasteiger partial charge in [-0.2, -0.15) is 0 Å². The summed E-state index contributed by atoms with van der Waals surface area (Å²) in [5.74, 6) is 0.979. The van der Waals surface area contributed by atoms with Crippen LogP contribution in [0.2, 0.25) is 0 Å². The van der Waals surface area contributed by atoms with E-state index in [1.165, 1.54) is 0 Å². The van der Waals surface area contributed by atoms with Gasteiger partial charge >= 0.3 is 0 Å². The molecule has 1 aromatic heterocycles. The third-order valence-corrected chi connectivity index (χ3v) is 5.04. The number of carbonyl (C=O) groups is 1. The lowest BCUT2D eigenvalue weighted by Crippen LogP contribution is -2.34. The van der Waals surface area contributed by atoms with E-state index in [9.17, 15) is 14.7 Å². The van der Waals surface area contributed by atoms with Crippen LogP contribution in [-0.2, 0) is 4.79 Å². The molecule has 0 bridgehead atoms. The average molecular weight is 445 g/mol. The standard InChI is InChI=1S/C26H23NO6/c1-17-26(33-19-10-6-3-7-11-19)25(30)21-13-12-20(14-23(21)32-17)31-16-24(29)27-22(15-28)18-8-4-2-5-9-18/h2-14,22,28H,15-16H2,1H3,(H,27,29)/t22-/m0/s1. The van der Waals surface area contributed by atoms with Crippen LogP contribution in [0, 0.1) is 6.92 Å². The summed E-state index contributed by atoms with van der Waals surface area (Å²) < 4.78 is 17.1. The Hall–Kier alpha value is -4.10. The van der Waals surface area contributed by atoms with E-state index in [1.807, 2.05) is 48.5 Å². The molecule has 1 heterocycles. The predicted octanol–water partition coefficient (Wildman–Crippen LogP) is 4.12. The lowest BCUT2D eigenvalue weighted by atomic mass is 10.1. The Morgan fingerprint density at radius 2 is 1.70 bits per heavy atom. The fraction of sp³-hybridized carbons (Fsp3) is 0.154. The summed E-state index contributed by atoms with van der Waals surface area (Å²) in [5, 5.41) is 12.7. The Morgan fingerprint density at radius 3 is 2.39 bits per heavy atom. The third-order valence-electron chi connectivity index (χ3n) is 5.04. The first kappa shape index (κ1) is 22.1. The molecule has 0 saturated heterocycles. The van der Waals surface area contributed by atoms with Crippen LogP contribution in [0.25, 0.3) is 11.0 Å². The number of hydrogen-bond donors (Lipinski definition) is 2. The maximum Gasteiger partial charge on any atom is 0.258 e. The van der Waals surface area contributed by atoms with Crippen molar-refractivity contribution in [2.24, 2.45) is 0 Å². The van der Waals surface area contributed by atoms with Gasteiger partial charge in [-0.05, 0) is 36.8 Å². The Balaban J connectivity index is 1.46. The molecule has 0 aliphatic heterocycles. The van der Waals surface area contributed by atoms with E-state index < -0.39 is 6.04 Å². The van der Waals surface area contributed by atoms with E-state index in [2.05, 4.69) is 5.32 Å². The Labute approximate surface area is 190 Å². The predicted molar refractivity (Wildman–Crippen MR) is 124 cm³/mol. The molecule has 168 valence electrons. The van der Waals surface area contributed by atoms with Gasteiger partial charge in [-0.25, -0.2) is 0 Å². The molecule has 0 fully saturated rings. The zero-order valence-corrected chi connectivity index (χ0v) is 18.0. The van der Waals surface area contributed by atoms with E-state index in [0.29, 0.717) is 28.2 Å². The highest BCUT2D eigenvalue weighted by atomic mass is 16.5. The monoisotopic (exact) mass is 445 g/mol. The van der Waals surface area contributed by atoms with Crippen LogP contribution in [0.3, 0.4) is 0 Å². The van der Waals surface area contributed by atoms with Crippen molar-refractivity contribution < 1.29 is 23.8 Å². The molecule has 0 aliphatic rings. The fourth-order valence-corrected chi connectivity index (χ4v) is 3.39. The first-order chi connectivity index (χ1) is 16.0. The first-order valence-corrected chi connectivity index (χ1v) is 10.4. The molecule has 3 aromatic carbocycles. The Morgan fingerprint density at radius 1 is 1.00 bits per heavy atom. The molecular formula is C26H23NO6. The minimum Gasteiger partial charge on any atom is -0.484 e. The smallest absolute Gasteiger partial charge is 0.258 e. The number of fused-ring (bicyclic) bond motifs is 1. The number of carbonyl (C=O) groups excluding carboxylic acids is 1. The summed E-state index contributed by atoms with van der Waals surface area (Å²) in [4.78, 5) is 25.2. The van der Waals surface area contributed by atoms with Crippen molar-refractivity contribution >= 4 is 16.9 Å². The van der Waals surface area contributed by atoms with Crippen LogP contribution < -0.4 is 20.2 Å². The van der Waals surface area contributed by atoms with Crippen molar-refractivity contribution in [2.45, 2.75) is 13.0 Å². The molecule has 0 unspecified atom stereocenters. The van der Waals surface area contributed by atoms with Gasteiger partial charge in [0.1, 0.15) is 22.8 Å². The molecular weight excluding hydrogens is 422 g/mol. The maximum atomic E-state index is 12.9. The number of aliphatic hydroxyl groups excluding tert-OH is 1. The number of aryl methyl sites for hydroxylation is 1. The van der Waals surface area contributed by atoms with Crippen LogP contribution >= 0.6 is 0 Å². The number of rotatable bonds is 8. The van der Waals surface area contributed by atoms with Crippen molar-refractivity contribution in [1.29, 1.82) is 0 Å². The van der Waals surface area contributed by atoms with Crippen molar-refractivity contribution in [3.63, 3.8) is 0 Å². The van der Waals surface area contributed by atoms with Crippen molar-refractivity contribution in [3.05, 3.63) is 100 Å². The van der Waals surface area contributed by atoms with E-state index in [1.54, 1.807) is 37.3 Å². The molecule has 4 rings (SSSR count). The summed E-state index contributed by atoms with van der Waals surface area (Å²) in [7, 11) is 0. The van der Waals surface area contributed by atoms with Crippen molar-refractivity contribution in [2.75, 3.05) is 13.2 Å². The highest BCUT2D eigenvalue weighted by Crippen LogP contribution is 2.27. The van der Waals surface area contributed by atoms with Crippen LogP contribution in [0.1, 0.15) is 17.4 Å². The van der Waals surface area contributed by atoms with E-state index in [-0.39, 0.29) is 30.3 Å². The number of para-hydroxylation sites is 1. The SMILES string of the molecule is Cc1oc2cc(OCC(=O)N[C@@H](CO)c3ccccc3)ccc2c(=O)c1Oc1ccccc1. The minimum absolute atomic E-state index is 0.123. The second-order valence-corrected chi connectivity index (χ2v) is 7.39. The van der Waals surface area contributed by atoms with Crippen LogP contribution in [0.15, 0.2) is 88.1 Å². The molecule has 0 saturated carbocycles. The molecule has 2 N–H and O–H groups in total. The fourth-order valence-electron chi connectivity index (χ4n) is 3.39. The molecule has 33 heavy (non-hydrogen) atoms. The van der Waals surface area contributed by atoms with Gasteiger partial charge in [0.2, 0.25) is 11.2 Å². The lowest BCUT2D eigenvalue weighted by molar-refractivity contribution is -0.124. The second kappa shape index (κ2) is 10.0. The number of nitrogens with one attached hydrogen (secondary N) is 1. The lowest BCUT2D eigenvalue weighted by Gasteiger charge is -2.17. The number of aliphatic hydroxyl groups is 1. The van der Waals surface area contributed by atoms with Crippen molar-refractivity contribution in [3.8, 4) is 17.2 Å². The zero-order valence-electron chi connectivity index (χ0n) is 18.0. The topological polar surface area (TPSA) is 98.0 Å². The van der Waals surface area contributed by atoms with E-state index in [0.717, 1.165) is 5.56 Å². The Kier molecular flexibility index (Phi) is 6.71. The van der Waals surface area contributed by atoms with Crippen LogP contribution in [-0.4, -0.2) is 24.2 Å². The first-order valence-electron chi connectivity index (χ1n) is 10.4. The number of hydrogen-bond acceptors (Lipinski definition) is 6. The molecule has 7 nitrogen and oxygen atoms in total. The zero-order chi connectivity index (χ0) is 23.2.